The number of aliphatic hydroxyl groups is 1. The van der Waals surface area contributed by atoms with Crippen LogP contribution in [0.1, 0.15) is 38.4 Å². The average Bonchev–Trinajstić information content (AvgIpc) is 2.41. The summed E-state index contributed by atoms with van der Waals surface area (Å²) in [5.74, 6) is 0.829. The van der Waals surface area contributed by atoms with Crippen LogP contribution < -0.4 is 4.74 Å². The van der Waals surface area contributed by atoms with Crippen molar-refractivity contribution in [2.75, 3.05) is 26.7 Å². The SMILES string of the molecule is COc1ccc(C(O)CN2CCC(C)(C)CC2)cc1. The van der Waals surface area contributed by atoms with E-state index in [-0.39, 0.29) is 0 Å². The maximum absolute atomic E-state index is 10.3. The molecule has 1 aromatic carbocycles. The fourth-order valence-corrected chi connectivity index (χ4v) is 2.52. The zero-order valence-corrected chi connectivity index (χ0v) is 12.2. The second kappa shape index (κ2) is 5.93. The molecule has 0 aliphatic carbocycles. The molecular formula is C16H25NO2. The summed E-state index contributed by atoms with van der Waals surface area (Å²) in [4.78, 5) is 2.36. The minimum absolute atomic E-state index is 0.410. The van der Waals surface area contributed by atoms with E-state index in [4.69, 9.17) is 4.74 Å². The first-order valence-electron chi connectivity index (χ1n) is 7.04. The van der Waals surface area contributed by atoms with Gasteiger partial charge in [0.15, 0.2) is 0 Å². The fraction of sp³-hybridized carbons (Fsp3) is 0.625. The molecule has 1 aliphatic heterocycles. The number of benzene rings is 1. The number of piperidine rings is 1. The molecule has 1 aromatic rings. The zero-order chi connectivity index (χ0) is 13.9. The first kappa shape index (κ1) is 14.4. The van der Waals surface area contributed by atoms with Crippen molar-refractivity contribution in [2.24, 2.45) is 5.41 Å². The molecule has 0 radical (unpaired) electrons. The summed E-state index contributed by atoms with van der Waals surface area (Å²) in [6, 6.07) is 7.69. The molecule has 0 amide bonds. The third kappa shape index (κ3) is 3.95. The number of methoxy groups -OCH3 is 1. The van der Waals surface area contributed by atoms with Gasteiger partial charge in [0.05, 0.1) is 13.2 Å². The van der Waals surface area contributed by atoms with Gasteiger partial charge in [0, 0.05) is 6.54 Å². The van der Waals surface area contributed by atoms with E-state index in [2.05, 4.69) is 18.7 Å². The van der Waals surface area contributed by atoms with Crippen molar-refractivity contribution in [3.8, 4) is 5.75 Å². The third-order valence-electron chi connectivity index (χ3n) is 4.14. The average molecular weight is 263 g/mol. The highest BCUT2D eigenvalue weighted by atomic mass is 16.5. The Balaban J connectivity index is 1.88. The second-order valence-corrected chi connectivity index (χ2v) is 6.25. The lowest BCUT2D eigenvalue weighted by Gasteiger charge is -2.37. The van der Waals surface area contributed by atoms with E-state index in [0.717, 1.165) is 30.9 Å². The molecule has 19 heavy (non-hydrogen) atoms. The van der Waals surface area contributed by atoms with Crippen LogP contribution in [0, 0.1) is 5.41 Å². The van der Waals surface area contributed by atoms with Gasteiger partial charge >= 0.3 is 0 Å². The summed E-state index contributed by atoms with van der Waals surface area (Å²) in [7, 11) is 1.65. The van der Waals surface area contributed by atoms with E-state index in [1.54, 1.807) is 7.11 Å². The number of nitrogens with zero attached hydrogens (tertiary/aromatic N) is 1. The van der Waals surface area contributed by atoms with Crippen LogP contribution in [-0.2, 0) is 0 Å². The molecule has 1 heterocycles. The Bertz CT molecular complexity index is 390. The smallest absolute Gasteiger partial charge is 0.118 e. The van der Waals surface area contributed by atoms with Crippen LogP contribution in [-0.4, -0.2) is 36.8 Å². The van der Waals surface area contributed by atoms with E-state index in [1.807, 2.05) is 24.3 Å². The van der Waals surface area contributed by atoms with Gasteiger partial charge in [-0.25, -0.2) is 0 Å². The normalized spacial score (nSPS) is 21.1. The van der Waals surface area contributed by atoms with Crippen molar-refractivity contribution in [1.29, 1.82) is 0 Å². The van der Waals surface area contributed by atoms with Crippen LogP contribution in [0.3, 0.4) is 0 Å². The van der Waals surface area contributed by atoms with Crippen LogP contribution in [0.15, 0.2) is 24.3 Å². The van der Waals surface area contributed by atoms with Gasteiger partial charge in [0.25, 0.3) is 0 Å². The van der Waals surface area contributed by atoms with Crippen molar-refractivity contribution in [1.82, 2.24) is 4.90 Å². The molecule has 1 atom stereocenters. The molecule has 3 nitrogen and oxygen atoms in total. The summed E-state index contributed by atoms with van der Waals surface area (Å²) < 4.78 is 5.13. The minimum Gasteiger partial charge on any atom is -0.497 e. The van der Waals surface area contributed by atoms with Crippen molar-refractivity contribution < 1.29 is 9.84 Å². The molecule has 106 valence electrons. The molecule has 0 spiro atoms. The highest BCUT2D eigenvalue weighted by Gasteiger charge is 2.26. The number of ether oxygens (including phenoxy) is 1. The van der Waals surface area contributed by atoms with Crippen LogP contribution >= 0.6 is 0 Å². The lowest BCUT2D eigenvalue weighted by Crippen LogP contribution is -2.39. The van der Waals surface area contributed by atoms with Gasteiger partial charge in [-0.1, -0.05) is 26.0 Å². The summed E-state index contributed by atoms with van der Waals surface area (Å²) in [5.41, 5.74) is 1.42. The summed E-state index contributed by atoms with van der Waals surface area (Å²) >= 11 is 0. The largest absolute Gasteiger partial charge is 0.497 e. The fourth-order valence-electron chi connectivity index (χ4n) is 2.52. The van der Waals surface area contributed by atoms with Crippen molar-refractivity contribution in [3.05, 3.63) is 29.8 Å². The van der Waals surface area contributed by atoms with Gasteiger partial charge in [-0.15, -0.1) is 0 Å². The molecule has 3 heteroatoms. The number of rotatable bonds is 4. The van der Waals surface area contributed by atoms with E-state index in [9.17, 15) is 5.11 Å². The molecule has 2 rings (SSSR count). The second-order valence-electron chi connectivity index (χ2n) is 6.25. The predicted molar refractivity (Wildman–Crippen MR) is 77.4 cm³/mol. The molecular weight excluding hydrogens is 238 g/mol. The quantitative estimate of drug-likeness (QED) is 0.906. The van der Waals surface area contributed by atoms with Gasteiger partial charge < -0.3 is 14.7 Å². The Kier molecular flexibility index (Phi) is 4.48. The topological polar surface area (TPSA) is 32.7 Å². The highest BCUT2D eigenvalue weighted by molar-refractivity contribution is 5.28. The molecule has 1 saturated heterocycles. The van der Waals surface area contributed by atoms with E-state index >= 15 is 0 Å². The molecule has 0 bridgehead atoms. The summed E-state index contributed by atoms with van der Waals surface area (Å²) in [6.07, 6.45) is 2.01. The number of likely N-dealkylation sites (tertiary alicyclic amines) is 1. The maximum Gasteiger partial charge on any atom is 0.118 e. The van der Waals surface area contributed by atoms with Crippen LogP contribution in [0.5, 0.6) is 5.75 Å². The monoisotopic (exact) mass is 263 g/mol. The molecule has 0 saturated carbocycles. The van der Waals surface area contributed by atoms with E-state index < -0.39 is 6.10 Å². The van der Waals surface area contributed by atoms with Crippen molar-refractivity contribution >= 4 is 0 Å². The molecule has 1 aliphatic rings. The van der Waals surface area contributed by atoms with Gasteiger partial charge in [0.2, 0.25) is 0 Å². The number of aliphatic hydroxyl groups excluding tert-OH is 1. The van der Waals surface area contributed by atoms with Gasteiger partial charge in [-0.3, -0.25) is 0 Å². The van der Waals surface area contributed by atoms with E-state index in [1.165, 1.54) is 12.8 Å². The minimum atomic E-state index is -0.410. The number of hydrogen-bond donors (Lipinski definition) is 1. The summed E-state index contributed by atoms with van der Waals surface area (Å²) in [6.45, 7) is 7.54. The van der Waals surface area contributed by atoms with Crippen molar-refractivity contribution in [2.45, 2.75) is 32.8 Å². The molecule has 1 fully saturated rings. The lowest BCUT2D eigenvalue weighted by atomic mass is 9.82. The first-order valence-corrected chi connectivity index (χ1v) is 7.04. The highest BCUT2D eigenvalue weighted by Crippen LogP contribution is 2.30. The Morgan fingerprint density at radius 3 is 2.32 bits per heavy atom. The third-order valence-corrected chi connectivity index (χ3v) is 4.14. The maximum atomic E-state index is 10.3. The predicted octanol–water partition coefficient (Wildman–Crippen LogP) is 2.85. The van der Waals surface area contributed by atoms with Crippen LogP contribution in [0.2, 0.25) is 0 Å². The van der Waals surface area contributed by atoms with E-state index in [0.29, 0.717) is 5.41 Å². The van der Waals surface area contributed by atoms with Gasteiger partial charge in [0.1, 0.15) is 5.75 Å². The Hall–Kier alpha value is -1.06. The molecule has 1 N–H and O–H groups in total. The van der Waals surface area contributed by atoms with Gasteiger partial charge in [-0.2, -0.15) is 0 Å². The Labute approximate surface area is 116 Å². The Morgan fingerprint density at radius 1 is 1.21 bits per heavy atom. The first-order chi connectivity index (χ1) is 9.00. The summed E-state index contributed by atoms with van der Waals surface area (Å²) in [5, 5.41) is 10.3. The number of β-amino-alcohol motifs (C(OH)–C–C–N with tert-alkyl or cyclic N) is 1. The lowest BCUT2D eigenvalue weighted by molar-refractivity contribution is 0.0703. The van der Waals surface area contributed by atoms with Gasteiger partial charge in [-0.05, 0) is 49.0 Å². The standard InChI is InChI=1S/C16H25NO2/c1-16(2)8-10-17(11-9-16)12-15(18)13-4-6-14(19-3)7-5-13/h4-7,15,18H,8-12H2,1-3H3. The molecule has 1 unspecified atom stereocenters. The van der Waals surface area contributed by atoms with Crippen LogP contribution in [0.4, 0.5) is 0 Å². The zero-order valence-electron chi connectivity index (χ0n) is 12.2. The van der Waals surface area contributed by atoms with Crippen molar-refractivity contribution in [3.63, 3.8) is 0 Å². The van der Waals surface area contributed by atoms with Crippen LogP contribution in [0.25, 0.3) is 0 Å². The number of hydrogen-bond acceptors (Lipinski definition) is 3. The Morgan fingerprint density at radius 2 is 1.79 bits per heavy atom. The molecule has 0 aromatic heterocycles.